The second-order valence-electron chi connectivity index (χ2n) is 13.2. The molecule has 10 heteroatoms. The Morgan fingerprint density at radius 2 is 0.837 bits per heavy atom. The average Bonchev–Trinajstić information content (AvgIpc) is 3.50. The maximum absolute atomic E-state index is 15.8. The first-order valence-electron chi connectivity index (χ1n) is 14.0. The SMILES string of the molecule is Cc1sc(-c2ccccc2[Si](C)(C)C)cc1C1=C(c2cc(-c3ccccc3[Si](C)(C)C)sc2C)C(F)(F)C(F)(F)C1(F)F. The molecule has 0 unspecified atom stereocenters. The third-order valence-corrected chi connectivity index (χ3v) is 14.3. The normalized spacial score (nSPS) is 18.0. The summed E-state index contributed by atoms with van der Waals surface area (Å²) in [5.41, 5.74) is -1.42. The lowest BCUT2D eigenvalue weighted by Crippen LogP contribution is -2.48. The van der Waals surface area contributed by atoms with Gasteiger partial charge in [-0.25, -0.2) is 0 Å². The van der Waals surface area contributed by atoms with Gasteiger partial charge in [-0.15, -0.1) is 22.7 Å². The van der Waals surface area contributed by atoms with Crippen molar-refractivity contribution in [3.63, 3.8) is 0 Å². The molecule has 0 saturated carbocycles. The summed E-state index contributed by atoms with van der Waals surface area (Å²) in [6, 6.07) is 18.0. The minimum Gasteiger partial charge on any atom is -0.194 e. The molecule has 0 saturated heterocycles. The molecule has 0 bridgehead atoms. The van der Waals surface area contributed by atoms with Gasteiger partial charge in [0.1, 0.15) is 0 Å². The Bertz CT molecular complexity index is 1620. The monoisotopic (exact) mass is 664 g/mol. The van der Waals surface area contributed by atoms with Gasteiger partial charge in [-0.3, -0.25) is 0 Å². The van der Waals surface area contributed by atoms with Gasteiger partial charge in [0.25, 0.3) is 0 Å². The zero-order chi connectivity index (χ0) is 31.9. The Hall–Kier alpha value is -2.41. The first-order chi connectivity index (χ1) is 19.7. The van der Waals surface area contributed by atoms with E-state index in [-0.39, 0.29) is 11.1 Å². The Labute approximate surface area is 259 Å². The molecule has 0 fully saturated rings. The molecular weight excluding hydrogens is 631 g/mol. The highest BCUT2D eigenvalue weighted by Gasteiger charge is 2.80. The molecule has 5 rings (SSSR count). The van der Waals surface area contributed by atoms with Gasteiger partial charge in [-0.2, -0.15) is 26.3 Å². The highest BCUT2D eigenvalue weighted by atomic mass is 32.1. The van der Waals surface area contributed by atoms with Crippen LogP contribution in [-0.2, 0) is 0 Å². The van der Waals surface area contributed by atoms with E-state index in [0.717, 1.165) is 21.5 Å². The molecule has 0 nitrogen and oxygen atoms in total. The van der Waals surface area contributed by atoms with Gasteiger partial charge < -0.3 is 0 Å². The molecule has 43 heavy (non-hydrogen) atoms. The van der Waals surface area contributed by atoms with E-state index in [1.54, 1.807) is 0 Å². The predicted molar refractivity (Wildman–Crippen MR) is 177 cm³/mol. The van der Waals surface area contributed by atoms with Gasteiger partial charge >= 0.3 is 17.8 Å². The summed E-state index contributed by atoms with van der Waals surface area (Å²) in [6.07, 6.45) is 0. The summed E-state index contributed by atoms with van der Waals surface area (Å²) >= 11 is 2.33. The molecule has 1 aliphatic rings. The maximum Gasteiger partial charge on any atom is 0.380 e. The average molecular weight is 665 g/mol. The third kappa shape index (κ3) is 5.02. The van der Waals surface area contributed by atoms with Gasteiger partial charge in [0.2, 0.25) is 0 Å². The van der Waals surface area contributed by atoms with E-state index in [4.69, 9.17) is 0 Å². The van der Waals surface area contributed by atoms with Gasteiger partial charge in [0, 0.05) is 30.7 Å². The van der Waals surface area contributed by atoms with Crippen molar-refractivity contribution in [2.24, 2.45) is 0 Å². The van der Waals surface area contributed by atoms with Crippen LogP contribution in [0.3, 0.4) is 0 Å². The number of hydrogen-bond donors (Lipinski definition) is 0. The van der Waals surface area contributed by atoms with Crippen molar-refractivity contribution in [1.82, 2.24) is 0 Å². The lowest BCUT2D eigenvalue weighted by Gasteiger charge is -2.25. The molecule has 4 aromatic rings. The molecule has 2 aromatic heterocycles. The lowest BCUT2D eigenvalue weighted by molar-refractivity contribution is -0.254. The van der Waals surface area contributed by atoms with Crippen LogP contribution >= 0.6 is 22.7 Å². The van der Waals surface area contributed by atoms with Crippen LogP contribution in [0.2, 0.25) is 39.3 Å². The van der Waals surface area contributed by atoms with Gasteiger partial charge in [-0.1, -0.05) is 98.2 Å². The zero-order valence-electron chi connectivity index (χ0n) is 25.4. The van der Waals surface area contributed by atoms with Crippen molar-refractivity contribution in [2.75, 3.05) is 0 Å². The number of rotatable bonds is 6. The first kappa shape index (κ1) is 32.0. The Balaban J connectivity index is 1.79. The minimum absolute atomic E-state index is 0.253. The van der Waals surface area contributed by atoms with Crippen molar-refractivity contribution in [3.05, 3.63) is 81.5 Å². The molecule has 0 N–H and O–H groups in total. The summed E-state index contributed by atoms with van der Waals surface area (Å²) < 4.78 is 93.5. The van der Waals surface area contributed by atoms with E-state index in [2.05, 4.69) is 39.3 Å². The molecule has 0 radical (unpaired) electrons. The predicted octanol–water partition coefficient (Wildman–Crippen LogP) is 10.7. The van der Waals surface area contributed by atoms with Gasteiger partial charge in [0.15, 0.2) is 0 Å². The zero-order valence-corrected chi connectivity index (χ0v) is 29.0. The van der Waals surface area contributed by atoms with Crippen LogP contribution in [0.15, 0.2) is 60.7 Å². The highest BCUT2D eigenvalue weighted by molar-refractivity contribution is 7.16. The molecule has 0 amide bonds. The summed E-state index contributed by atoms with van der Waals surface area (Å²) in [7, 11) is -3.77. The molecule has 0 aliphatic heterocycles. The number of aryl methyl sites for hydroxylation is 2. The van der Waals surface area contributed by atoms with Crippen molar-refractivity contribution in [1.29, 1.82) is 0 Å². The molecule has 228 valence electrons. The number of alkyl halides is 6. The van der Waals surface area contributed by atoms with Crippen LogP contribution in [0.4, 0.5) is 26.3 Å². The molecule has 1 aliphatic carbocycles. The Morgan fingerprint density at radius 1 is 0.512 bits per heavy atom. The quantitative estimate of drug-likeness (QED) is 0.142. The van der Waals surface area contributed by atoms with E-state index in [0.29, 0.717) is 19.5 Å². The third-order valence-electron chi connectivity index (χ3n) is 8.04. The van der Waals surface area contributed by atoms with Crippen LogP contribution in [0.5, 0.6) is 0 Å². The van der Waals surface area contributed by atoms with E-state index in [1.807, 2.05) is 48.5 Å². The molecule has 0 atom stereocenters. The summed E-state index contributed by atoms with van der Waals surface area (Å²) in [5, 5.41) is 2.15. The fourth-order valence-electron chi connectivity index (χ4n) is 5.86. The fraction of sp³-hybridized carbons (Fsp3) is 0.333. The largest absolute Gasteiger partial charge is 0.380 e. The van der Waals surface area contributed by atoms with Crippen molar-refractivity contribution >= 4 is 60.3 Å². The summed E-state index contributed by atoms with van der Waals surface area (Å²) in [6.45, 7) is 16.0. The highest BCUT2D eigenvalue weighted by Crippen LogP contribution is 2.66. The minimum atomic E-state index is -5.60. The number of hydrogen-bond acceptors (Lipinski definition) is 2. The lowest BCUT2D eigenvalue weighted by atomic mass is 9.94. The second-order valence-corrected chi connectivity index (χ2v) is 25.8. The molecule has 0 spiro atoms. The molecular formula is C33H34F6S2Si2. The number of benzene rings is 2. The van der Waals surface area contributed by atoms with E-state index in [1.165, 1.54) is 48.7 Å². The van der Waals surface area contributed by atoms with Crippen LogP contribution in [0.1, 0.15) is 20.9 Å². The fourth-order valence-corrected chi connectivity index (χ4v) is 11.4. The van der Waals surface area contributed by atoms with E-state index >= 15 is 26.3 Å². The van der Waals surface area contributed by atoms with E-state index in [9.17, 15) is 0 Å². The number of allylic oxidation sites excluding steroid dienone is 2. The van der Waals surface area contributed by atoms with Crippen LogP contribution < -0.4 is 10.4 Å². The Morgan fingerprint density at radius 3 is 1.16 bits per heavy atom. The summed E-state index contributed by atoms with van der Waals surface area (Å²) in [4.78, 5) is 1.77. The topological polar surface area (TPSA) is 0 Å². The summed E-state index contributed by atoms with van der Waals surface area (Å²) in [5.74, 6) is -15.8. The van der Waals surface area contributed by atoms with Crippen molar-refractivity contribution < 1.29 is 26.3 Å². The molecule has 2 aromatic carbocycles. The smallest absolute Gasteiger partial charge is 0.194 e. The van der Waals surface area contributed by atoms with Crippen molar-refractivity contribution in [2.45, 2.75) is 70.9 Å². The first-order valence-corrected chi connectivity index (χ1v) is 22.6. The van der Waals surface area contributed by atoms with E-state index < -0.39 is 45.1 Å². The maximum atomic E-state index is 15.8. The van der Waals surface area contributed by atoms with Crippen molar-refractivity contribution in [3.8, 4) is 20.9 Å². The van der Waals surface area contributed by atoms with Crippen LogP contribution in [0, 0.1) is 13.8 Å². The standard InChI is InChI=1S/C33H34F6S2Si2/c1-19-23(17-25(40-19)21-13-9-11-15-27(21)42(3,4)5)29-30(32(36,37)33(38,39)31(29,34)35)24-18-26(41-20(24)2)22-14-10-12-16-28(22)43(6,7)8/h9-18H,1-8H3. The molecule has 2 heterocycles. The van der Waals surface area contributed by atoms with Crippen LogP contribution in [-0.4, -0.2) is 33.9 Å². The number of halogens is 6. The number of thiophene rings is 2. The van der Waals surface area contributed by atoms with Gasteiger partial charge in [-0.05, 0) is 48.2 Å². The van der Waals surface area contributed by atoms with Crippen LogP contribution in [0.25, 0.3) is 32.0 Å². The Kier molecular flexibility index (Phi) is 7.68. The second kappa shape index (κ2) is 10.3. The van der Waals surface area contributed by atoms with Gasteiger partial charge in [0.05, 0.1) is 16.1 Å².